The van der Waals surface area contributed by atoms with Gasteiger partial charge in [0.2, 0.25) is 11.8 Å². The summed E-state index contributed by atoms with van der Waals surface area (Å²) >= 11 is 0. The first-order valence-corrected chi connectivity index (χ1v) is 7.88. The number of benzene rings is 2. The molecule has 0 bridgehead atoms. The van der Waals surface area contributed by atoms with E-state index in [-0.39, 0.29) is 30.5 Å². The van der Waals surface area contributed by atoms with E-state index in [1.165, 1.54) is 17.9 Å². The van der Waals surface area contributed by atoms with Gasteiger partial charge in [-0.2, -0.15) is 0 Å². The smallest absolute Gasteiger partial charge is 0.226 e. The van der Waals surface area contributed by atoms with Crippen molar-refractivity contribution in [2.75, 3.05) is 16.8 Å². The Hall–Kier alpha value is -2.76. The zero-order valence-electron chi connectivity index (χ0n) is 14.4. The third-order valence-electron chi connectivity index (χ3n) is 3.95. The number of rotatable bonds is 5. The third kappa shape index (κ3) is 4.86. The molecule has 0 atom stereocenters. The van der Waals surface area contributed by atoms with Gasteiger partial charge in [0.15, 0.2) is 11.6 Å². The molecule has 6 heteroatoms. The number of nitrogens with one attached hydrogen (secondary N) is 1. The van der Waals surface area contributed by atoms with E-state index >= 15 is 0 Å². The Labute approximate surface area is 145 Å². The third-order valence-corrected chi connectivity index (χ3v) is 3.95. The largest absolute Gasteiger partial charge is 0.326 e. The number of carbonyl (C=O) groups excluding carboxylic acids is 2. The molecule has 0 heterocycles. The lowest BCUT2D eigenvalue weighted by Gasteiger charge is -2.22. The monoisotopic (exact) mass is 346 g/mol. The first-order chi connectivity index (χ1) is 11.8. The van der Waals surface area contributed by atoms with Crippen molar-refractivity contribution in [3.8, 4) is 0 Å². The molecule has 0 aliphatic heterocycles. The fraction of sp³-hybridized carbons (Fsp3) is 0.263. The van der Waals surface area contributed by atoms with Crippen molar-refractivity contribution in [1.29, 1.82) is 0 Å². The minimum absolute atomic E-state index is 0.0332. The molecule has 0 radical (unpaired) electrons. The summed E-state index contributed by atoms with van der Waals surface area (Å²) in [5.74, 6) is -2.57. The van der Waals surface area contributed by atoms with Gasteiger partial charge in [0.25, 0.3) is 0 Å². The van der Waals surface area contributed by atoms with Crippen LogP contribution in [0.15, 0.2) is 36.4 Å². The van der Waals surface area contributed by atoms with Crippen molar-refractivity contribution >= 4 is 23.2 Å². The normalized spacial score (nSPS) is 10.4. The molecule has 0 saturated carbocycles. The molecule has 4 nitrogen and oxygen atoms in total. The highest BCUT2D eigenvalue weighted by Crippen LogP contribution is 2.20. The fourth-order valence-corrected chi connectivity index (χ4v) is 2.37. The first kappa shape index (κ1) is 18.6. The average molecular weight is 346 g/mol. The van der Waals surface area contributed by atoms with Gasteiger partial charge < -0.3 is 10.2 Å². The van der Waals surface area contributed by atoms with Crippen LogP contribution in [0.2, 0.25) is 0 Å². The molecule has 0 aliphatic carbocycles. The molecular formula is C19H20F2N2O2. The Morgan fingerprint density at radius 3 is 2.32 bits per heavy atom. The number of aryl methyl sites for hydroxylation is 2. The second-order valence-electron chi connectivity index (χ2n) is 5.87. The molecule has 0 aromatic heterocycles. The van der Waals surface area contributed by atoms with Gasteiger partial charge in [0.05, 0.1) is 0 Å². The molecule has 2 aromatic carbocycles. The lowest BCUT2D eigenvalue weighted by atomic mass is 10.1. The number of anilines is 2. The van der Waals surface area contributed by atoms with E-state index in [2.05, 4.69) is 5.32 Å². The highest BCUT2D eigenvalue weighted by molar-refractivity contribution is 5.94. The fourth-order valence-electron chi connectivity index (χ4n) is 2.37. The quantitative estimate of drug-likeness (QED) is 0.891. The molecule has 0 saturated heterocycles. The van der Waals surface area contributed by atoms with E-state index in [1.807, 2.05) is 32.0 Å². The maximum atomic E-state index is 13.2. The van der Waals surface area contributed by atoms with Gasteiger partial charge in [-0.3, -0.25) is 9.59 Å². The van der Waals surface area contributed by atoms with Crippen LogP contribution in [0.4, 0.5) is 20.2 Å². The van der Waals surface area contributed by atoms with E-state index in [0.29, 0.717) is 0 Å². The second-order valence-corrected chi connectivity index (χ2v) is 5.87. The van der Waals surface area contributed by atoms with E-state index in [0.717, 1.165) is 28.9 Å². The maximum absolute atomic E-state index is 13.2. The Kier molecular flexibility index (Phi) is 5.85. The van der Waals surface area contributed by atoms with Gasteiger partial charge in [-0.1, -0.05) is 6.07 Å². The number of hydrogen-bond acceptors (Lipinski definition) is 2. The highest BCUT2D eigenvalue weighted by Gasteiger charge is 2.14. The van der Waals surface area contributed by atoms with Crippen LogP contribution in [-0.4, -0.2) is 18.4 Å². The lowest BCUT2D eigenvalue weighted by molar-refractivity contribution is -0.117. The SMILES string of the molecule is CC(=O)N(CCC(=O)Nc1ccc(F)c(F)c1)c1ccc(C)c(C)c1. The molecule has 25 heavy (non-hydrogen) atoms. The van der Waals surface area contributed by atoms with Crippen molar-refractivity contribution < 1.29 is 18.4 Å². The molecule has 2 aromatic rings. The molecule has 2 amide bonds. The van der Waals surface area contributed by atoms with Crippen LogP contribution in [0.5, 0.6) is 0 Å². The van der Waals surface area contributed by atoms with E-state index in [1.54, 1.807) is 0 Å². The zero-order chi connectivity index (χ0) is 18.6. The molecule has 1 N–H and O–H groups in total. The summed E-state index contributed by atoms with van der Waals surface area (Å²) in [6.07, 6.45) is 0.0332. The predicted octanol–water partition coefficient (Wildman–Crippen LogP) is 3.96. The minimum atomic E-state index is -1.03. The highest BCUT2D eigenvalue weighted by atomic mass is 19.2. The molecule has 2 rings (SSSR count). The number of carbonyl (C=O) groups is 2. The predicted molar refractivity (Wildman–Crippen MR) is 93.5 cm³/mol. The summed E-state index contributed by atoms with van der Waals surface area (Å²) in [5, 5.41) is 2.49. The lowest BCUT2D eigenvalue weighted by Crippen LogP contribution is -2.32. The van der Waals surface area contributed by atoms with E-state index in [9.17, 15) is 18.4 Å². The van der Waals surface area contributed by atoms with Crippen LogP contribution in [0, 0.1) is 25.5 Å². The van der Waals surface area contributed by atoms with E-state index in [4.69, 9.17) is 0 Å². The van der Waals surface area contributed by atoms with Crippen LogP contribution < -0.4 is 10.2 Å². The molecule has 0 spiro atoms. The van der Waals surface area contributed by atoms with Crippen molar-refractivity contribution in [1.82, 2.24) is 0 Å². The van der Waals surface area contributed by atoms with Gasteiger partial charge in [-0.15, -0.1) is 0 Å². The Morgan fingerprint density at radius 1 is 1.00 bits per heavy atom. The minimum Gasteiger partial charge on any atom is -0.326 e. The Morgan fingerprint density at radius 2 is 1.72 bits per heavy atom. The summed E-state index contributed by atoms with van der Waals surface area (Å²) in [6, 6.07) is 8.78. The van der Waals surface area contributed by atoms with Gasteiger partial charge in [-0.25, -0.2) is 8.78 Å². The Balaban J connectivity index is 2.02. The summed E-state index contributed by atoms with van der Waals surface area (Å²) in [4.78, 5) is 25.4. The van der Waals surface area contributed by atoms with Crippen molar-refractivity contribution in [3.05, 3.63) is 59.2 Å². The number of hydrogen-bond donors (Lipinski definition) is 1. The summed E-state index contributed by atoms with van der Waals surface area (Å²) in [5.41, 5.74) is 3.05. The van der Waals surface area contributed by atoms with Gasteiger partial charge >= 0.3 is 0 Å². The van der Waals surface area contributed by atoms with Crippen LogP contribution >= 0.6 is 0 Å². The van der Waals surface area contributed by atoms with Crippen molar-refractivity contribution in [2.24, 2.45) is 0 Å². The van der Waals surface area contributed by atoms with Crippen molar-refractivity contribution in [2.45, 2.75) is 27.2 Å². The average Bonchev–Trinajstić information content (AvgIpc) is 2.54. The zero-order valence-corrected chi connectivity index (χ0v) is 14.4. The standard InChI is InChI=1S/C19H20F2N2O2/c1-12-4-6-16(10-13(12)2)23(14(3)24)9-8-19(25)22-15-5-7-17(20)18(21)11-15/h4-7,10-11H,8-9H2,1-3H3,(H,22,25). The second kappa shape index (κ2) is 7.88. The van der Waals surface area contributed by atoms with Gasteiger partial charge in [-0.05, 0) is 49.2 Å². The molecular weight excluding hydrogens is 326 g/mol. The number of nitrogens with zero attached hydrogens (tertiary/aromatic N) is 1. The van der Waals surface area contributed by atoms with Crippen molar-refractivity contribution in [3.63, 3.8) is 0 Å². The molecule has 0 aliphatic rings. The molecule has 0 unspecified atom stereocenters. The van der Waals surface area contributed by atoms with Crippen LogP contribution in [-0.2, 0) is 9.59 Å². The van der Waals surface area contributed by atoms with Gasteiger partial charge in [0, 0.05) is 37.3 Å². The number of amides is 2. The number of halogens is 2. The summed E-state index contributed by atoms with van der Waals surface area (Å²) in [7, 11) is 0. The Bertz CT molecular complexity index is 806. The first-order valence-electron chi connectivity index (χ1n) is 7.88. The van der Waals surface area contributed by atoms with Crippen LogP contribution in [0.1, 0.15) is 24.5 Å². The van der Waals surface area contributed by atoms with Crippen LogP contribution in [0.25, 0.3) is 0 Å². The topological polar surface area (TPSA) is 49.4 Å². The molecule has 0 fully saturated rings. The summed E-state index contributed by atoms with van der Waals surface area (Å²) in [6.45, 7) is 5.55. The maximum Gasteiger partial charge on any atom is 0.226 e. The van der Waals surface area contributed by atoms with Crippen LogP contribution in [0.3, 0.4) is 0 Å². The van der Waals surface area contributed by atoms with Gasteiger partial charge in [0.1, 0.15) is 0 Å². The molecule has 132 valence electrons. The van der Waals surface area contributed by atoms with E-state index < -0.39 is 11.6 Å². The summed E-state index contributed by atoms with van der Waals surface area (Å²) < 4.78 is 26.1.